The molecule has 7 nitrogen and oxygen atoms in total. The van der Waals surface area contributed by atoms with Crippen LogP contribution in [0.25, 0.3) is 21.8 Å². The van der Waals surface area contributed by atoms with Crippen molar-refractivity contribution in [3.63, 3.8) is 0 Å². The van der Waals surface area contributed by atoms with Gasteiger partial charge in [0.25, 0.3) is 5.91 Å². The van der Waals surface area contributed by atoms with Crippen molar-refractivity contribution in [2.24, 2.45) is 0 Å². The molecule has 4 aromatic rings. The number of anilines is 1. The van der Waals surface area contributed by atoms with E-state index in [1.54, 1.807) is 12.1 Å². The van der Waals surface area contributed by atoms with Gasteiger partial charge in [-0.1, -0.05) is 38.0 Å². The first-order valence-electron chi connectivity index (χ1n) is 13.3. The highest BCUT2D eigenvalue weighted by Gasteiger charge is 2.35. The first-order chi connectivity index (χ1) is 18.0. The minimum atomic E-state index is -0.636. The number of nitrogens with one attached hydrogen (secondary N) is 1. The molecule has 1 N–H and O–H groups in total. The number of aryl methyl sites for hydroxylation is 2. The summed E-state index contributed by atoms with van der Waals surface area (Å²) < 4.78 is 7.67. The molecule has 2 aromatic carbocycles. The van der Waals surface area contributed by atoms with Crippen molar-refractivity contribution in [3.05, 3.63) is 76.3 Å². The van der Waals surface area contributed by atoms with Crippen LogP contribution in [0.15, 0.2) is 63.8 Å². The number of benzene rings is 2. The standard InChI is InChI=1S/C30H33N3O4/c1-3-5-6-10-21-15-16-23(30(36)37-21)29(35)33-18-9-13-27(33)28(34)31-20-14-17-26-24(19-20)22-11-7-8-12-25(22)32(26)4-2/h7-8,11-12,14-17,19,27H,3-6,9-10,13,18H2,1-2H3,(H,31,34)/t27-/m0/s1. The largest absolute Gasteiger partial charge is 0.427 e. The summed E-state index contributed by atoms with van der Waals surface area (Å²) in [6.45, 7) is 5.51. The summed E-state index contributed by atoms with van der Waals surface area (Å²) in [5.74, 6) is -0.108. The molecule has 2 aromatic heterocycles. The second kappa shape index (κ2) is 10.6. The summed E-state index contributed by atoms with van der Waals surface area (Å²) in [5, 5.41) is 5.23. The minimum absolute atomic E-state index is 0.0206. The average Bonchev–Trinajstić information content (AvgIpc) is 3.52. The molecule has 192 valence electrons. The van der Waals surface area contributed by atoms with Crippen molar-refractivity contribution < 1.29 is 14.0 Å². The lowest BCUT2D eigenvalue weighted by atomic mass is 10.1. The minimum Gasteiger partial charge on any atom is -0.427 e. The normalized spacial score (nSPS) is 15.5. The maximum atomic E-state index is 13.3. The lowest BCUT2D eigenvalue weighted by molar-refractivity contribution is -0.119. The van der Waals surface area contributed by atoms with E-state index in [0.717, 1.165) is 47.6 Å². The summed E-state index contributed by atoms with van der Waals surface area (Å²) in [5.41, 5.74) is 2.30. The molecule has 3 heterocycles. The lowest BCUT2D eigenvalue weighted by Gasteiger charge is -2.23. The Morgan fingerprint density at radius 3 is 2.59 bits per heavy atom. The Labute approximate surface area is 216 Å². The van der Waals surface area contributed by atoms with E-state index >= 15 is 0 Å². The third-order valence-corrected chi connectivity index (χ3v) is 7.31. The van der Waals surface area contributed by atoms with Crippen LogP contribution in [-0.2, 0) is 17.8 Å². The number of unbranched alkanes of at least 4 members (excludes halogenated alkanes) is 2. The van der Waals surface area contributed by atoms with Crippen LogP contribution in [0.3, 0.4) is 0 Å². The Bertz CT molecular complexity index is 1520. The highest BCUT2D eigenvalue weighted by Crippen LogP contribution is 2.31. The van der Waals surface area contributed by atoms with Crippen molar-refractivity contribution in [3.8, 4) is 0 Å². The van der Waals surface area contributed by atoms with Crippen LogP contribution in [0.4, 0.5) is 5.69 Å². The molecule has 0 unspecified atom stereocenters. The maximum absolute atomic E-state index is 13.3. The number of hydrogen-bond acceptors (Lipinski definition) is 4. The predicted octanol–water partition coefficient (Wildman–Crippen LogP) is 5.74. The van der Waals surface area contributed by atoms with E-state index < -0.39 is 17.6 Å². The summed E-state index contributed by atoms with van der Waals surface area (Å²) in [6.07, 6.45) is 5.00. The number of aromatic nitrogens is 1. The molecular formula is C30H33N3O4. The quantitative estimate of drug-likeness (QED) is 0.313. The van der Waals surface area contributed by atoms with Crippen LogP contribution in [-0.4, -0.2) is 33.9 Å². The number of carbonyl (C=O) groups excluding carboxylic acids is 2. The van der Waals surface area contributed by atoms with Gasteiger partial charge in [-0.2, -0.15) is 0 Å². The first kappa shape index (κ1) is 24.8. The molecule has 7 heteroatoms. The molecule has 0 saturated carbocycles. The van der Waals surface area contributed by atoms with Crippen molar-refractivity contribution in [1.29, 1.82) is 0 Å². The first-order valence-corrected chi connectivity index (χ1v) is 13.3. The van der Waals surface area contributed by atoms with Crippen LogP contribution >= 0.6 is 0 Å². The second-order valence-corrected chi connectivity index (χ2v) is 9.70. The van der Waals surface area contributed by atoms with Crippen LogP contribution in [0.5, 0.6) is 0 Å². The van der Waals surface area contributed by atoms with Crippen LogP contribution < -0.4 is 10.9 Å². The highest BCUT2D eigenvalue weighted by molar-refractivity contribution is 6.10. The van der Waals surface area contributed by atoms with E-state index in [2.05, 4.69) is 35.9 Å². The zero-order chi connectivity index (χ0) is 25.9. The third kappa shape index (κ3) is 4.78. The second-order valence-electron chi connectivity index (χ2n) is 9.70. The fraction of sp³-hybridized carbons (Fsp3) is 0.367. The topological polar surface area (TPSA) is 84.5 Å². The van der Waals surface area contributed by atoms with Crippen LogP contribution in [0.1, 0.15) is 62.1 Å². The predicted molar refractivity (Wildman–Crippen MR) is 146 cm³/mol. The highest BCUT2D eigenvalue weighted by atomic mass is 16.4. The van der Waals surface area contributed by atoms with E-state index in [1.807, 2.05) is 30.3 Å². The number of fused-ring (bicyclic) bond motifs is 3. The van der Waals surface area contributed by atoms with Crippen molar-refractivity contribution >= 4 is 39.3 Å². The third-order valence-electron chi connectivity index (χ3n) is 7.31. The van der Waals surface area contributed by atoms with Gasteiger partial charge in [0.2, 0.25) is 5.91 Å². The van der Waals surface area contributed by atoms with Crippen molar-refractivity contribution in [2.75, 3.05) is 11.9 Å². The molecule has 0 aliphatic carbocycles. The van der Waals surface area contributed by atoms with Gasteiger partial charge in [-0.15, -0.1) is 0 Å². The molecular weight excluding hydrogens is 466 g/mol. The molecule has 5 rings (SSSR count). The summed E-state index contributed by atoms with van der Waals surface area (Å²) in [7, 11) is 0. The fourth-order valence-corrected chi connectivity index (χ4v) is 5.43. The van der Waals surface area contributed by atoms with Crippen LogP contribution in [0, 0.1) is 0 Å². The number of hydrogen-bond donors (Lipinski definition) is 1. The molecule has 0 bridgehead atoms. The number of carbonyl (C=O) groups is 2. The Morgan fingerprint density at radius 1 is 1.00 bits per heavy atom. The van der Waals surface area contributed by atoms with Gasteiger partial charge < -0.3 is 19.2 Å². The molecule has 2 amide bonds. The van der Waals surface area contributed by atoms with E-state index in [9.17, 15) is 14.4 Å². The zero-order valence-electron chi connectivity index (χ0n) is 21.5. The van der Waals surface area contributed by atoms with E-state index in [-0.39, 0.29) is 11.5 Å². The average molecular weight is 500 g/mol. The number of nitrogens with zero attached hydrogens (tertiary/aromatic N) is 2. The number of amides is 2. The van der Waals surface area contributed by atoms with Gasteiger partial charge in [-0.05, 0) is 62.6 Å². The van der Waals surface area contributed by atoms with Crippen molar-refractivity contribution in [1.82, 2.24) is 9.47 Å². The molecule has 0 radical (unpaired) electrons. The van der Waals surface area contributed by atoms with Gasteiger partial charge in [-0.3, -0.25) is 9.59 Å². The molecule has 1 aliphatic rings. The number of likely N-dealkylation sites (tertiary alicyclic amines) is 1. The zero-order valence-corrected chi connectivity index (χ0v) is 21.5. The molecule has 1 aliphatic heterocycles. The van der Waals surface area contributed by atoms with E-state index in [1.165, 1.54) is 4.90 Å². The summed E-state index contributed by atoms with van der Waals surface area (Å²) in [6, 6.07) is 16.8. The Kier molecular flexibility index (Phi) is 7.12. The van der Waals surface area contributed by atoms with Gasteiger partial charge >= 0.3 is 5.63 Å². The van der Waals surface area contributed by atoms with Gasteiger partial charge in [-0.25, -0.2) is 4.79 Å². The van der Waals surface area contributed by atoms with Gasteiger partial charge in [0.1, 0.15) is 17.4 Å². The van der Waals surface area contributed by atoms with E-state index in [0.29, 0.717) is 37.3 Å². The summed E-state index contributed by atoms with van der Waals surface area (Å²) in [4.78, 5) is 40.6. The SMILES string of the molecule is CCCCCc1ccc(C(=O)N2CCC[C@H]2C(=O)Nc2ccc3c(c2)c2ccccc2n3CC)c(=O)o1. The fourth-order valence-electron chi connectivity index (χ4n) is 5.43. The molecule has 37 heavy (non-hydrogen) atoms. The Balaban J connectivity index is 1.34. The molecule has 1 atom stereocenters. The molecule has 1 fully saturated rings. The van der Waals surface area contributed by atoms with Crippen molar-refractivity contribution in [2.45, 2.75) is 65.0 Å². The number of para-hydroxylation sites is 1. The van der Waals surface area contributed by atoms with Gasteiger partial charge in [0, 0.05) is 47.0 Å². The van der Waals surface area contributed by atoms with Crippen LogP contribution in [0.2, 0.25) is 0 Å². The van der Waals surface area contributed by atoms with Gasteiger partial charge in [0.05, 0.1) is 0 Å². The summed E-state index contributed by atoms with van der Waals surface area (Å²) >= 11 is 0. The maximum Gasteiger partial charge on any atom is 0.348 e. The molecule has 0 spiro atoms. The monoisotopic (exact) mass is 499 g/mol. The number of rotatable bonds is 8. The van der Waals surface area contributed by atoms with E-state index in [4.69, 9.17) is 4.42 Å². The van der Waals surface area contributed by atoms with Gasteiger partial charge in [0.15, 0.2) is 0 Å². The molecule has 1 saturated heterocycles. The lowest BCUT2D eigenvalue weighted by Crippen LogP contribution is -2.44. The Hall–Kier alpha value is -3.87. The Morgan fingerprint density at radius 2 is 1.81 bits per heavy atom. The smallest absolute Gasteiger partial charge is 0.348 e.